The van der Waals surface area contributed by atoms with Crippen molar-refractivity contribution in [1.29, 1.82) is 0 Å². The van der Waals surface area contributed by atoms with Gasteiger partial charge in [0, 0.05) is 5.56 Å². The Balaban J connectivity index is 2.00. The second kappa shape index (κ2) is 7.95. The maximum Gasteiger partial charge on any atom is 0.384 e. The van der Waals surface area contributed by atoms with Gasteiger partial charge < -0.3 is 14.5 Å². The summed E-state index contributed by atoms with van der Waals surface area (Å²) in [7, 11) is -4.11. The Morgan fingerprint density at radius 3 is 2.44 bits per heavy atom. The van der Waals surface area contributed by atoms with Crippen LogP contribution in [0.15, 0.2) is 66.7 Å². The number of rotatable bonds is 7. The summed E-state index contributed by atoms with van der Waals surface area (Å²) in [6, 6.07) is 19.8. The van der Waals surface area contributed by atoms with Crippen LogP contribution in [-0.4, -0.2) is 16.0 Å². The lowest BCUT2D eigenvalue weighted by Crippen LogP contribution is -2.07. The van der Waals surface area contributed by atoms with E-state index in [1.165, 1.54) is 6.07 Å². The van der Waals surface area contributed by atoms with Gasteiger partial charge in [-0.05, 0) is 28.8 Å². The molecule has 0 aliphatic rings. The molecule has 3 aromatic rings. The third kappa shape index (κ3) is 4.21. The molecule has 0 fully saturated rings. The number of carbonyl (C=O) groups is 1. The van der Waals surface area contributed by atoms with Crippen LogP contribution >= 0.6 is 7.60 Å². The van der Waals surface area contributed by atoms with Gasteiger partial charge in [0.15, 0.2) is 0 Å². The molecule has 0 spiro atoms. The van der Waals surface area contributed by atoms with E-state index in [9.17, 15) is 14.3 Å². The summed E-state index contributed by atoms with van der Waals surface area (Å²) < 4.78 is 18.7. The largest absolute Gasteiger partial charge is 0.481 e. The fourth-order valence-corrected chi connectivity index (χ4v) is 4.90. The molecular formula is C21H21O5P. The van der Waals surface area contributed by atoms with Crippen LogP contribution in [0.25, 0.3) is 10.8 Å². The maximum absolute atomic E-state index is 13.2. The van der Waals surface area contributed by atoms with Gasteiger partial charge in [-0.3, -0.25) is 4.79 Å². The lowest BCUT2D eigenvalue weighted by molar-refractivity contribution is -0.136. The standard InChI is InChI=1S/C21H21O5P/c1-2-20(18-12-7-10-15-8-3-5-11-17(15)18)27(24,25)26-19-13-6-4-9-16(19)14-21(22)23/h3-13,20H,2,14H2,1H3,(H,22,23)(H,24,25). The van der Waals surface area contributed by atoms with Gasteiger partial charge in [0.1, 0.15) is 5.75 Å². The second-order valence-corrected chi connectivity index (χ2v) is 8.26. The number of carboxylic acid groups (broad SMARTS) is 1. The van der Waals surface area contributed by atoms with Crippen molar-refractivity contribution in [2.45, 2.75) is 25.4 Å². The van der Waals surface area contributed by atoms with Crippen molar-refractivity contribution in [2.24, 2.45) is 0 Å². The van der Waals surface area contributed by atoms with Gasteiger partial charge in [0.25, 0.3) is 0 Å². The van der Waals surface area contributed by atoms with Gasteiger partial charge >= 0.3 is 13.6 Å². The first-order chi connectivity index (χ1) is 12.9. The smallest absolute Gasteiger partial charge is 0.384 e. The molecule has 140 valence electrons. The molecule has 3 aromatic carbocycles. The monoisotopic (exact) mass is 384 g/mol. The zero-order chi connectivity index (χ0) is 19.4. The molecule has 27 heavy (non-hydrogen) atoms. The molecule has 0 heterocycles. The molecule has 2 atom stereocenters. The Hall–Kier alpha value is -2.62. The zero-order valence-electron chi connectivity index (χ0n) is 14.9. The summed E-state index contributed by atoms with van der Waals surface area (Å²) in [5.41, 5.74) is 0.394. The number of hydrogen-bond donors (Lipinski definition) is 2. The summed E-state index contributed by atoms with van der Waals surface area (Å²) in [5.74, 6) is -0.899. The Bertz CT molecular complexity index is 1010. The molecule has 0 radical (unpaired) electrons. The van der Waals surface area contributed by atoms with Crippen LogP contribution in [0.2, 0.25) is 0 Å². The van der Waals surface area contributed by atoms with Gasteiger partial charge in [-0.1, -0.05) is 67.6 Å². The van der Waals surface area contributed by atoms with Crippen molar-refractivity contribution in [2.75, 3.05) is 0 Å². The predicted octanol–water partition coefficient (Wildman–Crippen LogP) is 5.18. The molecule has 5 nitrogen and oxygen atoms in total. The zero-order valence-corrected chi connectivity index (χ0v) is 15.8. The average Bonchev–Trinajstić information content (AvgIpc) is 2.63. The van der Waals surface area contributed by atoms with E-state index in [-0.39, 0.29) is 12.2 Å². The van der Waals surface area contributed by atoms with Crippen molar-refractivity contribution in [3.8, 4) is 5.75 Å². The Labute approximate surface area is 157 Å². The highest BCUT2D eigenvalue weighted by molar-refractivity contribution is 7.53. The molecule has 3 rings (SSSR count). The Morgan fingerprint density at radius 1 is 1.04 bits per heavy atom. The van der Waals surface area contributed by atoms with Gasteiger partial charge in [-0.25, -0.2) is 4.57 Å². The Morgan fingerprint density at radius 2 is 1.70 bits per heavy atom. The van der Waals surface area contributed by atoms with E-state index in [1.807, 2.05) is 49.4 Å². The predicted molar refractivity (Wildman–Crippen MR) is 105 cm³/mol. The molecule has 0 saturated carbocycles. The first-order valence-corrected chi connectivity index (χ1v) is 10.4. The molecule has 0 saturated heterocycles. The number of para-hydroxylation sites is 1. The highest BCUT2D eigenvalue weighted by Crippen LogP contribution is 2.59. The summed E-state index contributed by atoms with van der Waals surface area (Å²) in [5, 5.41) is 10.9. The fraction of sp³-hybridized carbons (Fsp3) is 0.190. The van der Waals surface area contributed by atoms with E-state index in [2.05, 4.69) is 0 Å². The lowest BCUT2D eigenvalue weighted by Gasteiger charge is -2.24. The molecule has 2 N–H and O–H groups in total. The average molecular weight is 384 g/mol. The highest BCUT2D eigenvalue weighted by Gasteiger charge is 2.35. The normalized spacial score (nSPS) is 14.4. The van der Waals surface area contributed by atoms with Crippen molar-refractivity contribution in [3.63, 3.8) is 0 Å². The third-order valence-corrected chi connectivity index (χ3v) is 6.40. The third-order valence-electron chi connectivity index (χ3n) is 4.51. The van der Waals surface area contributed by atoms with Gasteiger partial charge in [0.2, 0.25) is 0 Å². The number of carboxylic acids is 1. The highest BCUT2D eigenvalue weighted by atomic mass is 31.2. The summed E-state index contributed by atoms with van der Waals surface area (Å²) in [4.78, 5) is 21.8. The van der Waals surface area contributed by atoms with E-state index >= 15 is 0 Å². The minimum absolute atomic E-state index is 0.129. The molecular weight excluding hydrogens is 363 g/mol. The minimum atomic E-state index is -4.11. The van der Waals surface area contributed by atoms with E-state index in [0.717, 1.165) is 16.3 Å². The summed E-state index contributed by atoms with van der Waals surface area (Å²) in [6.45, 7) is 1.84. The second-order valence-electron chi connectivity index (χ2n) is 6.33. The first-order valence-electron chi connectivity index (χ1n) is 8.72. The molecule has 0 aliphatic heterocycles. The van der Waals surface area contributed by atoms with Crippen LogP contribution in [0, 0.1) is 0 Å². The molecule has 0 bridgehead atoms. The maximum atomic E-state index is 13.2. The molecule has 2 unspecified atom stereocenters. The van der Waals surface area contributed by atoms with Gasteiger partial charge in [-0.2, -0.15) is 0 Å². The molecule has 0 aliphatic carbocycles. The number of benzene rings is 3. The van der Waals surface area contributed by atoms with Crippen LogP contribution < -0.4 is 4.52 Å². The van der Waals surface area contributed by atoms with Crippen LogP contribution in [-0.2, 0) is 15.8 Å². The Kier molecular flexibility index (Phi) is 5.64. The quantitative estimate of drug-likeness (QED) is 0.548. The SMILES string of the molecule is CCC(c1cccc2ccccc12)P(=O)(O)Oc1ccccc1CC(=O)O. The van der Waals surface area contributed by atoms with Crippen molar-refractivity contribution >= 4 is 24.3 Å². The van der Waals surface area contributed by atoms with Gasteiger partial charge in [-0.15, -0.1) is 0 Å². The van der Waals surface area contributed by atoms with E-state index in [0.29, 0.717) is 12.0 Å². The minimum Gasteiger partial charge on any atom is -0.481 e. The van der Waals surface area contributed by atoms with E-state index in [4.69, 9.17) is 9.63 Å². The van der Waals surface area contributed by atoms with Crippen molar-refractivity contribution < 1.29 is 23.9 Å². The van der Waals surface area contributed by atoms with Crippen molar-refractivity contribution in [3.05, 3.63) is 77.9 Å². The van der Waals surface area contributed by atoms with Crippen LogP contribution in [0.4, 0.5) is 0 Å². The molecule has 0 aromatic heterocycles. The summed E-state index contributed by atoms with van der Waals surface area (Å²) >= 11 is 0. The topological polar surface area (TPSA) is 83.8 Å². The molecule has 0 amide bonds. The fourth-order valence-electron chi connectivity index (χ4n) is 3.27. The lowest BCUT2D eigenvalue weighted by atomic mass is 10.0. The van der Waals surface area contributed by atoms with Crippen LogP contribution in [0.5, 0.6) is 5.75 Å². The molecule has 6 heteroatoms. The number of hydrogen-bond acceptors (Lipinski definition) is 3. The van der Waals surface area contributed by atoms with Gasteiger partial charge in [0.05, 0.1) is 12.1 Å². The van der Waals surface area contributed by atoms with E-state index in [1.54, 1.807) is 18.2 Å². The van der Waals surface area contributed by atoms with Crippen LogP contribution in [0.1, 0.15) is 30.1 Å². The van der Waals surface area contributed by atoms with E-state index < -0.39 is 19.2 Å². The summed E-state index contributed by atoms with van der Waals surface area (Å²) in [6.07, 6.45) is 0.129. The number of aliphatic carboxylic acids is 1. The first kappa shape index (κ1) is 19.2. The van der Waals surface area contributed by atoms with Crippen molar-refractivity contribution in [1.82, 2.24) is 0 Å². The van der Waals surface area contributed by atoms with Crippen LogP contribution in [0.3, 0.4) is 0 Å². The number of fused-ring (bicyclic) bond motifs is 1.